The largest absolute Gasteiger partial charge is 0.279 e. The summed E-state index contributed by atoms with van der Waals surface area (Å²) in [5.74, 6) is 1.12. The number of rotatable bonds is 2. The normalized spacial score (nSPS) is 20.8. The van der Waals surface area contributed by atoms with Crippen molar-refractivity contribution in [1.29, 1.82) is 0 Å². The second-order valence-corrected chi connectivity index (χ2v) is 9.21. The van der Waals surface area contributed by atoms with E-state index in [-0.39, 0.29) is 5.91 Å². The van der Waals surface area contributed by atoms with Gasteiger partial charge in [0, 0.05) is 16.5 Å². The minimum atomic E-state index is -0.0609. The summed E-state index contributed by atoms with van der Waals surface area (Å²) in [6, 6.07) is 19.8. The minimum Gasteiger partial charge on any atom is -0.267 e. The zero-order valence-corrected chi connectivity index (χ0v) is 17.4. The molecule has 4 nitrogen and oxygen atoms in total. The maximum Gasteiger partial charge on any atom is 0.279 e. The molecule has 6 rings (SSSR count). The van der Waals surface area contributed by atoms with E-state index in [0.717, 1.165) is 40.0 Å². The number of benzene rings is 2. The van der Waals surface area contributed by atoms with E-state index in [1.807, 2.05) is 67.6 Å². The fraction of sp³-hybridized carbons (Fsp3) is 0.269. The molecule has 4 heteroatoms. The summed E-state index contributed by atoms with van der Waals surface area (Å²) in [6.45, 7) is 6.69. The lowest BCUT2D eigenvalue weighted by molar-refractivity contribution is 0.0942. The van der Waals surface area contributed by atoms with Crippen LogP contribution in [0.1, 0.15) is 47.1 Å². The monoisotopic (exact) mass is 393 g/mol. The minimum absolute atomic E-state index is 0.0609. The molecular formula is C26H23N3O. The second kappa shape index (κ2) is 5.88. The Morgan fingerprint density at radius 1 is 1.07 bits per heavy atom. The fourth-order valence-electron chi connectivity index (χ4n) is 5.49. The van der Waals surface area contributed by atoms with Crippen LogP contribution in [0.2, 0.25) is 0 Å². The Labute approximate surface area is 175 Å². The average molecular weight is 393 g/mol. The summed E-state index contributed by atoms with van der Waals surface area (Å²) in [6.07, 6.45) is 0.939. The van der Waals surface area contributed by atoms with Crippen LogP contribution >= 0.6 is 0 Å². The summed E-state index contributed by atoms with van der Waals surface area (Å²) in [4.78, 5) is 18.6. The molecule has 1 fully saturated rings. The molecule has 30 heavy (non-hydrogen) atoms. The first-order chi connectivity index (χ1) is 14.5. The van der Waals surface area contributed by atoms with Crippen molar-refractivity contribution in [3.8, 4) is 11.3 Å². The number of carbonyl (C=O) groups excluding carboxylic acids is 1. The summed E-state index contributed by atoms with van der Waals surface area (Å²) in [5.41, 5.74) is 7.03. The van der Waals surface area contributed by atoms with E-state index >= 15 is 0 Å². The van der Waals surface area contributed by atoms with Crippen LogP contribution in [0.25, 0.3) is 22.2 Å². The molecular weight excluding hydrogens is 370 g/mol. The highest BCUT2D eigenvalue weighted by molar-refractivity contribution is 6.08. The Morgan fingerprint density at radius 3 is 2.60 bits per heavy atom. The van der Waals surface area contributed by atoms with Gasteiger partial charge in [0.1, 0.15) is 0 Å². The van der Waals surface area contributed by atoms with Crippen LogP contribution < -0.4 is 0 Å². The molecule has 2 atom stereocenters. The quantitative estimate of drug-likeness (QED) is 0.459. The Hall–Kier alpha value is -3.27. The molecule has 2 aliphatic rings. The van der Waals surface area contributed by atoms with Crippen LogP contribution in [0.15, 0.2) is 60.7 Å². The highest BCUT2D eigenvalue weighted by atomic mass is 16.2. The van der Waals surface area contributed by atoms with E-state index in [0.29, 0.717) is 22.8 Å². The van der Waals surface area contributed by atoms with Gasteiger partial charge in [0.15, 0.2) is 0 Å². The van der Waals surface area contributed by atoms with Gasteiger partial charge in [0.25, 0.3) is 5.91 Å². The number of para-hydroxylation sites is 1. The first-order valence-corrected chi connectivity index (χ1v) is 10.5. The smallest absolute Gasteiger partial charge is 0.267 e. The lowest BCUT2D eigenvalue weighted by Gasteiger charge is -2.12. The third-order valence-electron chi connectivity index (χ3n) is 7.19. The molecule has 2 aliphatic carbocycles. The Morgan fingerprint density at radius 2 is 1.80 bits per heavy atom. The van der Waals surface area contributed by atoms with E-state index in [1.54, 1.807) is 4.68 Å². The number of nitrogens with zero attached hydrogens (tertiary/aromatic N) is 3. The van der Waals surface area contributed by atoms with Crippen LogP contribution in [0.4, 0.5) is 0 Å². The van der Waals surface area contributed by atoms with E-state index in [9.17, 15) is 4.79 Å². The Kier molecular flexibility index (Phi) is 3.45. The van der Waals surface area contributed by atoms with Crippen molar-refractivity contribution in [2.45, 2.75) is 33.1 Å². The summed E-state index contributed by atoms with van der Waals surface area (Å²) in [5, 5.41) is 5.58. The third-order valence-corrected chi connectivity index (χ3v) is 7.19. The van der Waals surface area contributed by atoms with Crippen molar-refractivity contribution in [2.75, 3.05) is 0 Å². The molecule has 2 unspecified atom stereocenters. The predicted molar refractivity (Wildman–Crippen MR) is 118 cm³/mol. The fourth-order valence-corrected chi connectivity index (χ4v) is 5.49. The van der Waals surface area contributed by atoms with Crippen molar-refractivity contribution in [3.05, 3.63) is 83.2 Å². The first-order valence-electron chi connectivity index (χ1n) is 10.5. The van der Waals surface area contributed by atoms with Crippen LogP contribution in [0.5, 0.6) is 0 Å². The molecule has 148 valence electrons. The van der Waals surface area contributed by atoms with Crippen LogP contribution in [-0.4, -0.2) is 20.7 Å². The van der Waals surface area contributed by atoms with E-state index in [2.05, 4.69) is 13.8 Å². The maximum atomic E-state index is 13.8. The van der Waals surface area contributed by atoms with E-state index < -0.39 is 0 Å². The van der Waals surface area contributed by atoms with Gasteiger partial charge >= 0.3 is 0 Å². The highest BCUT2D eigenvalue weighted by Crippen LogP contribution is 2.70. The molecule has 2 aromatic heterocycles. The number of aryl methyl sites for hydroxylation is 1. The predicted octanol–water partition coefficient (Wildman–Crippen LogP) is 5.39. The topological polar surface area (TPSA) is 47.8 Å². The molecule has 4 aromatic rings. The molecule has 0 bridgehead atoms. The molecule has 0 spiro atoms. The highest BCUT2D eigenvalue weighted by Gasteiger charge is 2.64. The van der Waals surface area contributed by atoms with Gasteiger partial charge in [-0.3, -0.25) is 4.79 Å². The maximum absolute atomic E-state index is 13.8. The number of fused-ring (bicyclic) bond motifs is 4. The van der Waals surface area contributed by atoms with Crippen molar-refractivity contribution in [3.63, 3.8) is 0 Å². The SMILES string of the molecule is Cc1nn(C(=O)c2cc(-c3ccccc3)nc3ccccc23)c2c1C1C(C2)C1(C)C. The molecule has 0 N–H and O–H groups in total. The van der Waals surface area contributed by atoms with Gasteiger partial charge in [-0.15, -0.1) is 0 Å². The van der Waals surface area contributed by atoms with Gasteiger partial charge in [0.2, 0.25) is 0 Å². The van der Waals surface area contributed by atoms with Crippen molar-refractivity contribution in [1.82, 2.24) is 14.8 Å². The van der Waals surface area contributed by atoms with E-state index in [4.69, 9.17) is 10.1 Å². The molecule has 2 heterocycles. The first kappa shape index (κ1) is 17.6. The second-order valence-electron chi connectivity index (χ2n) is 9.21. The number of pyridine rings is 1. The van der Waals surface area contributed by atoms with Crippen LogP contribution in [0, 0.1) is 18.3 Å². The molecule has 0 aliphatic heterocycles. The van der Waals surface area contributed by atoms with Crippen molar-refractivity contribution >= 4 is 16.8 Å². The van der Waals surface area contributed by atoms with Gasteiger partial charge in [-0.2, -0.15) is 5.10 Å². The summed E-state index contributed by atoms with van der Waals surface area (Å²) >= 11 is 0. The van der Waals surface area contributed by atoms with Gasteiger partial charge < -0.3 is 0 Å². The van der Waals surface area contributed by atoms with Crippen molar-refractivity contribution < 1.29 is 4.79 Å². The molecule has 0 amide bonds. The number of carbonyl (C=O) groups is 1. The number of hydrogen-bond acceptors (Lipinski definition) is 3. The number of hydrogen-bond donors (Lipinski definition) is 0. The number of aromatic nitrogens is 3. The van der Waals surface area contributed by atoms with Crippen LogP contribution in [-0.2, 0) is 6.42 Å². The Balaban J connectivity index is 1.52. The van der Waals surface area contributed by atoms with Crippen LogP contribution in [0.3, 0.4) is 0 Å². The standard InChI is InChI=1S/C26H23N3O/c1-15-23-22(14-19-24(23)26(19,2)3)29(28-15)25(30)18-13-21(16-9-5-4-6-10-16)27-20-12-8-7-11-17(18)20/h4-13,19,24H,14H2,1-3H3. The van der Waals surface area contributed by atoms with Gasteiger partial charge in [-0.05, 0) is 42.7 Å². The molecule has 2 aromatic carbocycles. The summed E-state index contributed by atoms with van der Waals surface area (Å²) < 4.78 is 1.67. The molecule has 0 saturated heterocycles. The third kappa shape index (κ3) is 2.30. The van der Waals surface area contributed by atoms with E-state index in [1.165, 1.54) is 5.56 Å². The molecule has 0 radical (unpaired) electrons. The molecule has 1 saturated carbocycles. The lowest BCUT2D eigenvalue weighted by Crippen LogP contribution is -2.18. The van der Waals surface area contributed by atoms with Gasteiger partial charge in [-0.25, -0.2) is 9.67 Å². The zero-order chi connectivity index (χ0) is 20.6. The average Bonchev–Trinajstić information content (AvgIpc) is 3.08. The van der Waals surface area contributed by atoms with Crippen molar-refractivity contribution in [2.24, 2.45) is 11.3 Å². The Bertz CT molecular complexity index is 1330. The van der Waals surface area contributed by atoms with Gasteiger partial charge in [0.05, 0.1) is 28.2 Å². The van der Waals surface area contributed by atoms with Gasteiger partial charge in [-0.1, -0.05) is 62.4 Å². The lowest BCUT2D eigenvalue weighted by atomic mass is 9.98. The summed E-state index contributed by atoms with van der Waals surface area (Å²) in [7, 11) is 0. The zero-order valence-electron chi connectivity index (χ0n) is 17.4.